The van der Waals surface area contributed by atoms with E-state index in [1.807, 2.05) is 19.2 Å². The standard InChI is InChI=1S/C16H21ClN6S.HI/c1-18-15(21-8-5-13-3-4-14(17)24-13)22-9-11-23(12-10-22)16-19-6-2-7-20-16;/h2-4,6-7H,5,8-12H2,1H3,(H,18,21);1H. The van der Waals surface area contributed by atoms with Gasteiger partial charge in [0.1, 0.15) is 0 Å². The van der Waals surface area contributed by atoms with E-state index < -0.39 is 0 Å². The first-order valence-corrected chi connectivity index (χ1v) is 9.17. The molecule has 0 aliphatic carbocycles. The number of hydrogen-bond acceptors (Lipinski definition) is 5. The molecule has 3 heterocycles. The van der Waals surface area contributed by atoms with Gasteiger partial charge in [-0.25, -0.2) is 9.97 Å². The first-order chi connectivity index (χ1) is 11.8. The molecule has 0 aromatic carbocycles. The van der Waals surface area contributed by atoms with Crippen molar-refractivity contribution in [2.75, 3.05) is 44.7 Å². The maximum atomic E-state index is 5.97. The van der Waals surface area contributed by atoms with Gasteiger partial charge in [-0.1, -0.05) is 11.6 Å². The number of nitrogens with zero attached hydrogens (tertiary/aromatic N) is 5. The number of hydrogen-bond donors (Lipinski definition) is 1. The molecule has 1 fully saturated rings. The highest BCUT2D eigenvalue weighted by Crippen LogP contribution is 2.21. The van der Waals surface area contributed by atoms with Gasteiger partial charge in [0.15, 0.2) is 5.96 Å². The number of thiophene rings is 1. The molecule has 1 saturated heterocycles. The van der Waals surface area contributed by atoms with E-state index in [0.717, 1.165) is 55.4 Å². The van der Waals surface area contributed by atoms with E-state index in [2.05, 4.69) is 36.1 Å². The number of nitrogens with one attached hydrogen (secondary N) is 1. The summed E-state index contributed by atoms with van der Waals surface area (Å²) in [7, 11) is 1.83. The molecular formula is C16H22ClIN6S. The quantitative estimate of drug-likeness (QED) is 0.404. The molecule has 1 aliphatic heterocycles. The molecule has 0 spiro atoms. The number of rotatable bonds is 4. The highest BCUT2D eigenvalue weighted by molar-refractivity contribution is 14.0. The zero-order valence-corrected chi connectivity index (χ0v) is 18.0. The SMILES string of the molecule is CN=C(NCCc1ccc(Cl)s1)N1CCN(c2ncccn2)CC1.I. The van der Waals surface area contributed by atoms with E-state index in [1.54, 1.807) is 23.7 Å². The monoisotopic (exact) mass is 492 g/mol. The topological polar surface area (TPSA) is 56.7 Å². The van der Waals surface area contributed by atoms with Crippen LogP contribution in [0.3, 0.4) is 0 Å². The summed E-state index contributed by atoms with van der Waals surface area (Å²) in [6.07, 6.45) is 4.52. The molecule has 1 N–H and O–H groups in total. The molecule has 0 atom stereocenters. The zero-order chi connectivity index (χ0) is 16.8. The number of halogens is 2. The minimum atomic E-state index is 0. The Balaban J connectivity index is 0.00000225. The summed E-state index contributed by atoms with van der Waals surface area (Å²) in [5.41, 5.74) is 0. The summed E-state index contributed by atoms with van der Waals surface area (Å²) in [4.78, 5) is 18.8. The predicted molar refractivity (Wildman–Crippen MR) is 116 cm³/mol. The fourth-order valence-electron chi connectivity index (χ4n) is 2.69. The summed E-state index contributed by atoms with van der Waals surface area (Å²) < 4.78 is 0.841. The summed E-state index contributed by atoms with van der Waals surface area (Å²) in [5, 5.41) is 3.44. The summed E-state index contributed by atoms with van der Waals surface area (Å²) in [5.74, 6) is 1.75. The predicted octanol–water partition coefficient (Wildman–Crippen LogP) is 2.75. The number of piperazine rings is 1. The first kappa shape index (κ1) is 20.2. The Hall–Kier alpha value is -1.13. The lowest BCUT2D eigenvalue weighted by Gasteiger charge is -2.36. The van der Waals surface area contributed by atoms with Crippen LogP contribution in [0.1, 0.15) is 4.88 Å². The van der Waals surface area contributed by atoms with Gasteiger partial charge >= 0.3 is 0 Å². The number of aromatic nitrogens is 2. The van der Waals surface area contributed by atoms with Crippen molar-refractivity contribution >= 4 is 58.8 Å². The third-order valence-corrected chi connectivity index (χ3v) is 5.20. The Morgan fingerprint density at radius 3 is 2.56 bits per heavy atom. The Bertz CT molecular complexity index is 672. The minimum Gasteiger partial charge on any atom is -0.356 e. The van der Waals surface area contributed by atoms with Gasteiger partial charge in [0, 0.05) is 57.0 Å². The van der Waals surface area contributed by atoms with Crippen LogP contribution in [0.5, 0.6) is 0 Å². The van der Waals surface area contributed by atoms with Crippen molar-refractivity contribution in [3.05, 3.63) is 39.8 Å². The second-order valence-electron chi connectivity index (χ2n) is 5.45. The van der Waals surface area contributed by atoms with E-state index in [9.17, 15) is 0 Å². The van der Waals surface area contributed by atoms with Gasteiger partial charge in [0.2, 0.25) is 5.95 Å². The molecule has 2 aromatic heterocycles. The summed E-state index contributed by atoms with van der Waals surface area (Å²) in [6, 6.07) is 5.86. The van der Waals surface area contributed by atoms with Gasteiger partial charge in [-0.05, 0) is 24.6 Å². The molecule has 0 bridgehead atoms. The van der Waals surface area contributed by atoms with E-state index in [1.165, 1.54) is 4.88 Å². The van der Waals surface area contributed by atoms with Gasteiger partial charge < -0.3 is 15.1 Å². The van der Waals surface area contributed by atoms with Crippen molar-refractivity contribution in [1.29, 1.82) is 0 Å². The van der Waals surface area contributed by atoms with Crippen LogP contribution < -0.4 is 10.2 Å². The Kier molecular flexibility index (Phi) is 8.17. The van der Waals surface area contributed by atoms with Crippen molar-refractivity contribution in [2.45, 2.75) is 6.42 Å². The van der Waals surface area contributed by atoms with Crippen LogP contribution in [-0.4, -0.2) is 60.6 Å². The molecule has 0 amide bonds. The van der Waals surface area contributed by atoms with Gasteiger partial charge in [-0.15, -0.1) is 35.3 Å². The largest absolute Gasteiger partial charge is 0.356 e. The van der Waals surface area contributed by atoms with Gasteiger partial charge in [0.05, 0.1) is 4.34 Å². The van der Waals surface area contributed by atoms with Crippen LogP contribution in [0.2, 0.25) is 4.34 Å². The van der Waals surface area contributed by atoms with Crippen LogP contribution in [0.15, 0.2) is 35.6 Å². The average molecular weight is 493 g/mol. The Morgan fingerprint density at radius 2 is 1.96 bits per heavy atom. The highest BCUT2D eigenvalue weighted by atomic mass is 127. The fraction of sp³-hybridized carbons (Fsp3) is 0.438. The highest BCUT2D eigenvalue weighted by Gasteiger charge is 2.20. The number of anilines is 1. The van der Waals surface area contributed by atoms with Crippen molar-refractivity contribution in [2.24, 2.45) is 4.99 Å². The van der Waals surface area contributed by atoms with Crippen molar-refractivity contribution in [1.82, 2.24) is 20.2 Å². The lowest BCUT2D eigenvalue weighted by molar-refractivity contribution is 0.370. The maximum absolute atomic E-state index is 5.97. The van der Waals surface area contributed by atoms with Crippen LogP contribution in [-0.2, 0) is 6.42 Å². The molecular weight excluding hydrogens is 471 g/mol. The lowest BCUT2D eigenvalue weighted by atomic mass is 10.3. The smallest absolute Gasteiger partial charge is 0.225 e. The Labute approximate surface area is 174 Å². The van der Waals surface area contributed by atoms with E-state index in [4.69, 9.17) is 11.6 Å². The van der Waals surface area contributed by atoms with E-state index >= 15 is 0 Å². The first-order valence-electron chi connectivity index (χ1n) is 7.98. The number of aliphatic imine (C=N–C) groups is 1. The molecule has 3 rings (SSSR count). The summed E-state index contributed by atoms with van der Waals surface area (Å²) in [6.45, 7) is 4.45. The molecule has 0 saturated carbocycles. The van der Waals surface area contributed by atoms with Crippen LogP contribution in [0.4, 0.5) is 5.95 Å². The zero-order valence-electron chi connectivity index (χ0n) is 14.1. The van der Waals surface area contributed by atoms with E-state index in [0.29, 0.717) is 0 Å². The van der Waals surface area contributed by atoms with Gasteiger partial charge in [-0.2, -0.15) is 0 Å². The molecule has 1 aliphatic rings. The lowest BCUT2D eigenvalue weighted by Crippen LogP contribution is -2.53. The minimum absolute atomic E-state index is 0. The van der Waals surface area contributed by atoms with Crippen molar-refractivity contribution < 1.29 is 0 Å². The molecule has 9 heteroatoms. The van der Waals surface area contributed by atoms with Crippen LogP contribution in [0.25, 0.3) is 0 Å². The third kappa shape index (κ3) is 5.68. The Morgan fingerprint density at radius 1 is 1.24 bits per heavy atom. The average Bonchev–Trinajstić information content (AvgIpc) is 3.05. The second kappa shape index (κ2) is 10.1. The van der Waals surface area contributed by atoms with Crippen molar-refractivity contribution in [3.63, 3.8) is 0 Å². The fourth-order valence-corrected chi connectivity index (χ4v) is 3.78. The van der Waals surface area contributed by atoms with Gasteiger partial charge in [-0.3, -0.25) is 4.99 Å². The third-order valence-electron chi connectivity index (χ3n) is 3.91. The summed E-state index contributed by atoms with van der Waals surface area (Å²) >= 11 is 7.60. The molecule has 6 nitrogen and oxygen atoms in total. The van der Waals surface area contributed by atoms with Crippen molar-refractivity contribution in [3.8, 4) is 0 Å². The van der Waals surface area contributed by atoms with E-state index in [-0.39, 0.29) is 24.0 Å². The van der Waals surface area contributed by atoms with Crippen LogP contribution in [0, 0.1) is 0 Å². The molecule has 0 radical (unpaired) electrons. The molecule has 136 valence electrons. The normalized spacial score (nSPS) is 15.0. The number of guanidine groups is 1. The molecule has 25 heavy (non-hydrogen) atoms. The molecule has 2 aromatic rings. The van der Waals surface area contributed by atoms with Crippen LogP contribution >= 0.6 is 46.9 Å². The molecule has 0 unspecified atom stereocenters. The second-order valence-corrected chi connectivity index (χ2v) is 7.25. The van der Waals surface area contributed by atoms with Gasteiger partial charge in [0.25, 0.3) is 0 Å². The maximum Gasteiger partial charge on any atom is 0.225 e.